The maximum Gasteiger partial charge on any atom is 0.335 e. The van der Waals surface area contributed by atoms with Gasteiger partial charge in [0, 0.05) is 15.6 Å². The number of fused-ring (bicyclic) bond motifs is 1. The maximum absolute atomic E-state index is 13.4. The summed E-state index contributed by atoms with van der Waals surface area (Å²) in [5, 5.41) is 23.7. The molecule has 2 unspecified atom stereocenters. The number of anilines is 1. The standard InChI is InChI=1S/C30H16Cl4N4O4S/c31-16-5-7-19(33)21(11-16)36-30-38(22-12-17(32)6-8-20(22)34)27-26(43-30)25(18(13-35)28(39)37-27)24-10-9-23(42-24)14-1-3-15(4-2-14)29(40)41/h1-12,18,25H,(H,37,39)(H,40,41). The van der Waals surface area contributed by atoms with Gasteiger partial charge in [0.05, 0.1) is 43.8 Å². The molecule has 5 aromatic rings. The lowest BCUT2D eigenvalue weighted by Gasteiger charge is -2.26. The normalized spacial score (nSPS) is 16.4. The van der Waals surface area contributed by atoms with Gasteiger partial charge in [-0.3, -0.25) is 9.36 Å². The second-order valence-corrected chi connectivity index (χ2v) is 12.1. The molecule has 3 heterocycles. The summed E-state index contributed by atoms with van der Waals surface area (Å²) in [5.74, 6) is -2.39. The number of rotatable bonds is 5. The number of hydrogen-bond donors (Lipinski definition) is 2. The Balaban J connectivity index is 1.57. The molecule has 1 aliphatic heterocycles. The van der Waals surface area contributed by atoms with Gasteiger partial charge in [-0.2, -0.15) is 5.26 Å². The molecule has 0 aliphatic carbocycles. The van der Waals surface area contributed by atoms with Gasteiger partial charge in [-0.1, -0.05) is 69.9 Å². The van der Waals surface area contributed by atoms with Crippen molar-refractivity contribution in [2.45, 2.75) is 5.92 Å². The number of halogens is 4. The van der Waals surface area contributed by atoms with Crippen LogP contribution in [0.2, 0.25) is 20.1 Å². The molecule has 1 amide bonds. The van der Waals surface area contributed by atoms with E-state index >= 15 is 0 Å². The third-order valence-corrected chi connectivity index (χ3v) is 8.98. The molecular weight excluding hydrogens is 654 g/mol. The minimum atomic E-state index is -1.13. The number of aromatic carboxylic acids is 1. The number of carbonyl (C=O) groups excluding carboxylic acids is 1. The van der Waals surface area contributed by atoms with Crippen LogP contribution in [0.4, 0.5) is 11.5 Å². The summed E-state index contributed by atoms with van der Waals surface area (Å²) < 4.78 is 7.85. The van der Waals surface area contributed by atoms with Crippen LogP contribution in [0.1, 0.15) is 26.9 Å². The molecule has 43 heavy (non-hydrogen) atoms. The summed E-state index contributed by atoms with van der Waals surface area (Å²) in [6, 6.07) is 21.5. The topological polar surface area (TPSA) is 121 Å². The van der Waals surface area contributed by atoms with E-state index in [0.717, 1.165) is 0 Å². The number of furan rings is 1. The third kappa shape index (κ3) is 5.44. The predicted molar refractivity (Wildman–Crippen MR) is 166 cm³/mol. The predicted octanol–water partition coefficient (Wildman–Crippen LogP) is 8.57. The molecule has 0 radical (unpaired) electrons. The fourth-order valence-corrected chi connectivity index (χ4v) is 6.66. The SMILES string of the molecule is N#CC1C(=O)Nc2c(sc(=Nc3cc(Cl)ccc3Cl)n2-c2cc(Cl)ccc2Cl)C1c1ccc(-c2ccc(C(=O)O)cc2)o1. The lowest BCUT2D eigenvalue weighted by atomic mass is 9.86. The first-order valence-electron chi connectivity index (χ1n) is 12.5. The Bertz CT molecular complexity index is 2040. The summed E-state index contributed by atoms with van der Waals surface area (Å²) in [6.45, 7) is 0. The fourth-order valence-electron chi connectivity index (χ4n) is 4.73. The average molecular weight is 670 g/mol. The number of thiazole rings is 1. The first kappa shape index (κ1) is 29.1. The van der Waals surface area contributed by atoms with E-state index in [1.165, 1.54) is 23.5 Å². The zero-order valence-electron chi connectivity index (χ0n) is 21.5. The van der Waals surface area contributed by atoms with Crippen molar-refractivity contribution in [1.82, 2.24) is 4.57 Å². The molecule has 0 spiro atoms. The Morgan fingerprint density at radius 1 is 0.977 bits per heavy atom. The van der Waals surface area contributed by atoms with Gasteiger partial charge in [0.15, 0.2) is 4.80 Å². The van der Waals surface area contributed by atoms with Crippen molar-refractivity contribution in [3.8, 4) is 23.1 Å². The van der Waals surface area contributed by atoms with Crippen molar-refractivity contribution in [3.63, 3.8) is 0 Å². The highest BCUT2D eigenvalue weighted by Crippen LogP contribution is 2.45. The molecule has 214 valence electrons. The first-order valence-corrected chi connectivity index (χ1v) is 14.8. The lowest BCUT2D eigenvalue weighted by Crippen LogP contribution is -2.33. The number of nitrogens with zero attached hydrogens (tertiary/aromatic N) is 3. The van der Waals surface area contributed by atoms with Gasteiger partial charge < -0.3 is 14.8 Å². The molecule has 1 aliphatic rings. The minimum Gasteiger partial charge on any atom is -0.478 e. The molecule has 0 saturated carbocycles. The van der Waals surface area contributed by atoms with Crippen molar-refractivity contribution < 1.29 is 19.1 Å². The third-order valence-electron chi connectivity index (χ3n) is 6.75. The fraction of sp³-hybridized carbons (Fsp3) is 0.0667. The van der Waals surface area contributed by atoms with E-state index in [1.807, 2.05) is 0 Å². The molecule has 3 aromatic carbocycles. The zero-order chi connectivity index (χ0) is 30.4. The van der Waals surface area contributed by atoms with Gasteiger partial charge in [-0.25, -0.2) is 9.79 Å². The van der Waals surface area contributed by atoms with E-state index in [9.17, 15) is 20.0 Å². The Kier molecular flexibility index (Phi) is 7.81. The highest BCUT2D eigenvalue weighted by atomic mass is 35.5. The van der Waals surface area contributed by atoms with Crippen LogP contribution in [-0.4, -0.2) is 21.6 Å². The molecule has 0 fully saturated rings. The molecule has 2 aromatic heterocycles. The van der Waals surface area contributed by atoms with Crippen LogP contribution in [0, 0.1) is 17.2 Å². The highest BCUT2D eigenvalue weighted by molar-refractivity contribution is 7.10. The van der Waals surface area contributed by atoms with E-state index < -0.39 is 23.7 Å². The van der Waals surface area contributed by atoms with Crippen molar-refractivity contribution in [1.29, 1.82) is 5.26 Å². The molecule has 6 rings (SSSR count). The van der Waals surface area contributed by atoms with Gasteiger partial charge in [-0.15, -0.1) is 0 Å². The summed E-state index contributed by atoms with van der Waals surface area (Å²) in [7, 11) is 0. The maximum atomic E-state index is 13.4. The molecule has 8 nitrogen and oxygen atoms in total. The molecular formula is C30H16Cl4N4O4S. The van der Waals surface area contributed by atoms with Crippen LogP contribution in [-0.2, 0) is 4.79 Å². The summed E-state index contributed by atoms with van der Waals surface area (Å²) in [6.07, 6.45) is 0. The average Bonchev–Trinajstić information content (AvgIpc) is 3.60. The van der Waals surface area contributed by atoms with Crippen LogP contribution in [0.15, 0.2) is 82.2 Å². The van der Waals surface area contributed by atoms with Gasteiger partial charge in [0.2, 0.25) is 5.91 Å². The van der Waals surface area contributed by atoms with E-state index in [-0.39, 0.29) is 5.56 Å². The number of carboxylic acid groups (broad SMARTS) is 1. The van der Waals surface area contributed by atoms with E-state index in [0.29, 0.717) is 64.0 Å². The number of carbonyl (C=O) groups is 2. The van der Waals surface area contributed by atoms with Gasteiger partial charge in [-0.05, 0) is 60.7 Å². The monoisotopic (exact) mass is 668 g/mol. The number of nitrogens with one attached hydrogen (secondary N) is 1. The quantitative estimate of drug-likeness (QED) is 0.194. The van der Waals surface area contributed by atoms with E-state index in [2.05, 4.69) is 11.4 Å². The number of aromatic nitrogens is 1. The van der Waals surface area contributed by atoms with Crippen molar-refractivity contribution in [3.05, 3.63) is 114 Å². The Morgan fingerprint density at radius 3 is 2.37 bits per heavy atom. The Hall–Kier alpha value is -4.04. The Labute approximate surface area is 268 Å². The number of benzene rings is 3. The molecule has 0 bridgehead atoms. The number of nitriles is 1. The van der Waals surface area contributed by atoms with Gasteiger partial charge >= 0.3 is 5.97 Å². The summed E-state index contributed by atoms with van der Waals surface area (Å²) >= 11 is 26.9. The molecule has 2 atom stereocenters. The van der Waals surface area contributed by atoms with Gasteiger partial charge in [0.25, 0.3) is 0 Å². The highest BCUT2D eigenvalue weighted by Gasteiger charge is 2.42. The van der Waals surface area contributed by atoms with E-state index in [1.54, 1.807) is 65.2 Å². The molecule has 13 heteroatoms. The smallest absolute Gasteiger partial charge is 0.335 e. The van der Waals surface area contributed by atoms with Crippen molar-refractivity contribution in [2.75, 3.05) is 5.32 Å². The number of carboxylic acids is 1. The molecule has 0 saturated heterocycles. The number of hydrogen-bond acceptors (Lipinski definition) is 6. The summed E-state index contributed by atoms with van der Waals surface area (Å²) in [5.41, 5.74) is 1.58. The van der Waals surface area contributed by atoms with Crippen LogP contribution >= 0.6 is 57.7 Å². The zero-order valence-corrected chi connectivity index (χ0v) is 25.4. The largest absolute Gasteiger partial charge is 0.478 e. The minimum absolute atomic E-state index is 0.132. The summed E-state index contributed by atoms with van der Waals surface area (Å²) in [4.78, 5) is 30.4. The second-order valence-electron chi connectivity index (χ2n) is 9.39. The van der Waals surface area contributed by atoms with Crippen LogP contribution in [0.3, 0.4) is 0 Å². The Morgan fingerprint density at radius 2 is 1.67 bits per heavy atom. The van der Waals surface area contributed by atoms with Crippen LogP contribution in [0.5, 0.6) is 0 Å². The lowest BCUT2D eigenvalue weighted by molar-refractivity contribution is -0.119. The first-order chi connectivity index (χ1) is 20.6. The van der Waals surface area contributed by atoms with Crippen molar-refractivity contribution >= 4 is 81.1 Å². The van der Waals surface area contributed by atoms with Crippen molar-refractivity contribution in [2.24, 2.45) is 10.9 Å². The van der Waals surface area contributed by atoms with Gasteiger partial charge in [0.1, 0.15) is 23.3 Å². The molecule has 2 N–H and O–H groups in total. The number of amides is 1. The van der Waals surface area contributed by atoms with Crippen LogP contribution < -0.4 is 10.1 Å². The second kappa shape index (κ2) is 11.6. The van der Waals surface area contributed by atoms with Crippen LogP contribution in [0.25, 0.3) is 17.0 Å². The van der Waals surface area contributed by atoms with E-state index in [4.69, 9.17) is 55.8 Å².